The molecule has 0 bridgehead atoms. The molecule has 1 saturated heterocycles. The van der Waals surface area contributed by atoms with Gasteiger partial charge in [0.25, 0.3) is 5.91 Å². The molecule has 1 atom stereocenters. The smallest absolute Gasteiger partial charge is 0.262 e. The third-order valence-electron chi connectivity index (χ3n) is 6.43. The number of carbonyl (C=O) groups is 1. The number of amides is 1. The monoisotopic (exact) mass is 562 g/mol. The molecule has 0 spiro atoms. The van der Waals surface area contributed by atoms with Crippen LogP contribution in [0.4, 0.5) is 4.39 Å². The number of halogens is 3. The lowest BCUT2D eigenvalue weighted by Gasteiger charge is -2.30. The van der Waals surface area contributed by atoms with E-state index in [4.69, 9.17) is 38.4 Å². The van der Waals surface area contributed by atoms with E-state index < -0.39 is 17.8 Å². The number of imidazole rings is 1. The van der Waals surface area contributed by atoms with E-state index in [9.17, 15) is 9.18 Å². The number of piperidine rings is 1. The first-order valence-electron chi connectivity index (χ1n) is 11.8. The van der Waals surface area contributed by atoms with Crippen molar-refractivity contribution in [2.24, 2.45) is 5.73 Å². The van der Waals surface area contributed by atoms with Gasteiger partial charge in [-0.05, 0) is 38.9 Å². The Hall–Kier alpha value is -2.85. The lowest BCUT2D eigenvalue weighted by molar-refractivity contribution is 0.0998. The van der Waals surface area contributed by atoms with Crippen molar-refractivity contribution in [3.63, 3.8) is 0 Å². The number of hydrogen-bond acceptors (Lipinski definition) is 6. The average Bonchev–Trinajstić information content (AvgIpc) is 3.46. The fourth-order valence-electron chi connectivity index (χ4n) is 4.39. The number of nitrogens with zero attached hydrogens (tertiary/aromatic N) is 3. The van der Waals surface area contributed by atoms with E-state index in [1.54, 1.807) is 10.6 Å². The first kappa shape index (κ1) is 25.8. The standard InChI is InChI=1S/C26H25Cl2FN4O3S/c1-14(16-4-3-5-21(24(16)28)36-15-6-8-32(2)9-7-15)35-22-12-23(37-25(22)26(30)34)33-13-31-19-10-17(27)18(29)11-20(19)33/h3-5,10-15H,6-9H2,1-2H3,(H2,30,34)/t14-/m1/s1. The van der Waals surface area contributed by atoms with Crippen LogP contribution in [-0.2, 0) is 0 Å². The molecule has 0 saturated carbocycles. The van der Waals surface area contributed by atoms with Crippen molar-refractivity contribution in [1.82, 2.24) is 14.5 Å². The van der Waals surface area contributed by atoms with Gasteiger partial charge < -0.3 is 20.1 Å². The molecule has 2 aromatic carbocycles. The summed E-state index contributed by atoms with van der Waals surface area (Å²) in [7, 11) is 2.10. The van der Waals surface area contributed by atoms with Gasteiger partial charge in [0.2, 0.25) is 0 Å². The average molecular weight is 563 g/mol. The van der Waals surface area contributed by atoms with E-state index in [-0.39, 0.29) is 16.0 Å². The maximum atomic E-state index is 14.1. The normalized spacial score (nSPS) is 15.7. The highest BCUT2D eigenvalue weighted by atomic mass is 35.5. The minimum Gasteiger partial charge on any atom is -0.489 e. The van der Waals surface area contributed by atoms with Crippen LogP contribution in [0.1, 0.15) is 41.1 Å². The number of ether oxygens (including phenoxy) is 2. The lowest BCUT2D eigenvalue weighted by atomic mass is 10.1. The summed E-state index contributed by atoms with van der Waals surface area (Å²) in [6.45, 7) is 3.79. The zero-order valence-corrected chi connectivity index (χ0v) is 22.5. The highest BCUT2D eigenvalue weighted by Gasteiger charge is 2.24. The van der Waals surface area contributed by atoms with Gasteiger partial charge in [-0.2, -0.15) is 0 Å². The fourth-order valence-corrected chi connectivity index (χ4v) is 5.80. The molecule has 1 aliphatic rings. The van der Waals surface area contributed by atoms with Crippen LogP contribution in [0.25, 0.3) is 16.0 Å². The van der Waals surface area contributed by atoms with Gasteiger partial charge in [0.15, 0.2) is 0 Å². The van der Waals surface area contributed by atoms with E-state index in [0.29, 0.717) is 32.6 Å². The van der Waals surface area contributed by atoms with Crippen LogP contribution >= 0.6 is 34.5 Å². The summed E-state index contributed by atoms with van der Waals surface area (Å²) in [6.07, 6.45) is 2.99. The molecular formula is C26H25Cl2FN4O3S. The second kappa shape index (κ2) is 10.5. The van der Waals surface area contributed by atoms with Crippen molar-refractivity contribution in [3.05, 3.63) is 69.0 Å². The Bertz CT molecular complexity index is 1470. The largest absolute Gasteiger partial charge is 0.489 e. The van der Waals surface area contributed by atoms with Gasteiger partial charge in [-0.1, -0.05) is 35.3 Å². The summed E-state index contributed by atoms with van der Waals surface area (Å²) in [5.41, 5.74) is 7.40. The molecule has 1 fully saturated rings. The summed E-state index contributed by atoms with van der Waals surface area (Å²) >= 11 is 13.7. The van der Waals surface area contributed by atoms with E-state index in [0.717, 1.165) is 42.8 Å². The maximum absolute atomic E-state index is 14.1. The predicted octanol–water partition coefficient (Wildman–Crippen LogP) is 6.24. The predicted molar refractivity (Wildman–Crippen MR) is 144 cm³/mol. The summed E-state index contributed by atoms with van der Waals surface area (Å²) in [5, 5.41) is 1.04. The Morgan fingerprint density at radius 2 is 1.97 bits per heavy atom. The van der Waals surface area contributed by atoms with Crippen molar-refractivity contribution in [1.29, 1.82) is 0 Å². The first-order chi connectivity index (χ1) is 17.7. The molecule has 5 rings (SSSR count). The second-order valence-electron chi connectivity index (χ2n) is 9.05. The van der Waals surface area contributed by atoms with Crippen LogP contribution in [0.2, 0.25) is 10.0 Å². The number of likely N-dealkylation sites (tertiary alicyclic amines) is 1. The lowest BCUT2D eigenvalue weighted by Crippen LogP contribution is -2.35. The molecule has 194 valence electrons. The van der Waals surface area contributed by atoms with E-state index >= 15 is 0 Å². The summed E-state index contributed by atoms with van der Waals surface area (Å²) in [6, 6.07) is 10.0. The molecule has 2 N–H and O–H groups in total. The maximum Gasteiger partial charge on any atom is 0.262 e. The van der Waals surface area contributed by atoms with Gasteiger partial charge >= 0.3 is 0 Å². The first-order valence-corrected chi connectivity index (χ1v) is 13.3. The van der Waals surface area contributed by atoms with Crippen molar-refractivity contribution in [3.8, 4) is 16.5 Å². The van der Waals surface area contributed by atoms with Crippen LogP contribution in [0, 0.1) is 5.82 Å². The molecule has 0 unspecified atom stereocenters. The topological polar surface area (TPSA) is 82.6 Å². The minimum atomic E-state index is -0.637. The number of thiophene rings is 1. The van der Waals surface area contributed by atoms with Gasteiger partial charge in [0.1, 0.15) is 45.7 Å². The van der Waals surface area contributed by atoms with Crippen molar-refractivity contribution >= 4 is 51.5 Å². The Morgan fingerprint density at radius 1 is 1.22 bits per heavy atom. The molecule has 0 radical (unpaired) electrons. The zero-order chi connectivity index (χ0) is 26.3. The Balaban J connectivity index is 1.41. The van der Waals surface area contributed by atoms with Gasteiger partial charge in [0.05, 0.1) is 21.1 Å². The van der Waals surface area contributed by atoms with Crippen LogP contribution in [0.5, 0.6) is 11.5 Å². The highest BCUT2D eigenvalue weighted by Crippen LogP contribution is 2.39. The number of rotatable bonds is 7. The fraction of sp³-hybridized carbons (Fsp3) is 0.308. The molecule has 7 nitrogen and oxygen atoms in total. The number of nitrogens with two attached hydrogens (primary N) is 1. The summed E-state index contributed by atoms with van der Waals surface area (Å²) in [5.74, 6) is -0.294. The van der Waals surface area contributed by atoms with Gasteiger partial charge in [0, 0.05) is 30.8 Å². The molecule has 2 aromatic heterocycles. The SMILES string of the molecule is C[C@@H](Oc1cc(-n2cnc3cc(Cl)c(F)cc32)sc1C(N)=O)c1cccc(OC2CCN(C)CC2)c1Cl. The highest BCUT2D eigenvalue weighted by molar-refractivity contribution is 7.16. The second-order valence-corrected chi connectivity index (χ2v) is 10.9. The molecule has 11 heteroatoms. The van der Waals surface area contributed by atoms with Crippen molar-refractivity contribution in [2.75, 3.05) is 20.1 Å². The molecule has 37 heavy (non-hydrogen) atoms. The van der Waals surface area contributed by atoms with Gasteiger partial charge in [-0.25, -0.2) is 9.37 Å². The minimum absolute atomic E-state index is 0.0153. The third kappa shape index (κ3) is 5.27. The van der Waals surface area contributed by atoms with E-state index in [1.807, 2.05) is 25.1 Å². The molecule has 4 aromatic rings. The van der Waals surface area contributed by atoms with Crippen LogP contribution in [0.3, 0.4) is 0 Å². The van der Waals surface area contributed by atoms with Crippen LogP contribution < -0.4 is 15.2 Å². The van der Waals surface area contributed by atoms with Gasteiger partial charge in [-0.15, -0.1) is 11.3 Å². The summed E-state index contributed by atoms with van der Waals surface area (Å²) < 4.78 is 28.2. The third-order valence-corrected chi connectivity index (χ3v) is 8.25. The molecule has 1 amide bonds. The number of benzene rings is 2. The molecule has 3 heterocycles. The number of fused-ring (bicyclic) bond motifs is 1. The number of primary amides is 1. The number of hydrogen-bond donors (Lipinski definition) is 1. The Morgan fingerprint density at radius 3 is 2.70 bits per heavy atom. The van der Waals surface area contributed by atoms with Crippen LogP contribution in [0.15, 0.2) is 42.7 Å². The molecule has 1 aliphatic heterocycles. The summed E-state index contributed by atoms with van der Waals surface area (Å²) in [4.78, 5) is 19.0. The molecular weight excluding hydrogens is 538 g/mol. The van der Waals surface area contributed by atoms with E-state index in [2.05, 4.69) is 16.9 Å². The van der Waals surface area contributed by atoms with Crippen molar-refractivity contribution in [2.45, 2.75) is 32.0 Å². The zero-order valence-electron chi connectivity index (χ0n) is 20.2. The number of carbonyl (C=O) groups excluding carboxylic acids is 1. The number of aromatic nitrogens is 2. The van der Waals surface area contributed by atoms with Gasteiger partial charge in [-0.3, -0.25) is 9.36 Å². The van der Waals surface area contributed by atoms with Crippen LogP contribution in [-0.4, -0.2) is 46.6 Å². The Kier molecular flexibility index (Phi) is 7.31. The quantitative estimate of drug-likeness (QED) is 0.288. The van der Waals surface area contributed by atoms with Crippen molar-refractivity contribution < 1.29 is 18.7 Å². The Labute approximate surface area is 227 Å². The molecule has 0 aliphatic carbocycles. The van der Waals surface area contributed by atoms with E-state index in [1.165, 1.54) is 18.5 Å².